The number of halogens is 3. The van der Waals surface area contributed by atoms with Crippen LogP contribution in [0.15, 0.2) is 35.8 Å². The fraction of sp³-hybridized carbons (Fsp3) is 0.250. The first-order chi connectivity index (χ1) is 10.8. The minimum atomic E-state index is -4.37. The predicted octanol–water partition coefficient (Wildman–Crippen LogP) is 4.65. The van der Waals surface area contributed by atoms with E-state index in [1.54, 1.807) is 17.4 Å². The quantitative estimate of drug-likeness (QED) is 0.696. The number of thiazole rings is 1. The van der Waals surface area contributed by atoms with Crippen molar-refractivity contribution in [2.24, 2.45) is 0 Å². The van der Waals surface area contributed by atoms with Crippen molar-refractivity contribution in [3.8, 4) is 0 Å². The van der Waals surface area contributed by atoms with Crippen LogP contribution in [-0.4, -0.2) is 17.0 Å². The number of nitrogens with zero attached hydrogens (tertiary/aromatic N) is 3. The minimum absolute atomic E-state index is 0.332. The van der Waals surface area contributed by atoms with Crippen LogP contribution in [0, 0.1) is 6.92 Å². The van der Waals surface area contributed by atoms with Gasteiger partial charge in [-0.3, -0.25) is 4.98 Å². The molecule has 0 saturated heterocycles. The van der Waals surface area contributed by atoms with Gasteiger partial charge in [0.2, 0.25) is 0 Å². The maximum Gasteiger partial charge on any atom is 0.416 e. The molecule has 0 aliphatic carbocycles. The largest absolute Gasteiger partial charge is 0.416 e. The van der Waals surface area contributed by atoms with E-state index >= 15 is 0 Å². The molecule has 2 aromatic heterocycles. The van der Waals surface area contributed by atoms with Crippen LogP contribution in [0.4, 0.5) is 18.9 Å². The molecule has 0 saturated carbocycles. The third kappa shape index (κ3) is 3.29. The van der Waals surface area contributed by atoms with Crippen molar-refractivity contribution in [3.63, 3.8) is 0 Å². The van der Waals surface area contributed by atoms with Gasteiger partial charge >= 0.3 is 6.18 Å². The summed E-state index contributed by atoms with van der Waals surface area (Å²) in [4.78, 5) is 10.4. The summed E-state index contributed by atoms with van der Waals surface area (Å²) < 4.78 is 38.5. The molecular formula is C16H14F3N3S. The molecule has 0 aliphatic rings. The van der Waals surface area contributed by atoms with Crippen molar-refractivity contribution in [2.45, 2.75) is 19.6 Å². The first kappa shape index (κ1) is 15.7. The molecule has 1 aromatic carbocycles. The Hall–Kier alpha value is -2.15. The van der Waals surface area contributed by atoms with E-state index in [4.69, 9.17) is 0 Å². The molecule has 23 heavy (non-hydrogen) atoms. The monoisotopic (exact) mass is 337 g/mol. The normalized spacial score (nSPS) is 11.9. The van der Waals surface area contributed by atoms with E-state index in [0.29, 0.717) is 17.4 Å². The molecule has 120 valence electrons. The molecule has 0 spiro atoms. The number of aryl methyl sites for hydroxylation is 1. The van der Waals surface area contributed by atoms with E-state index in [2.05, 4.69) is 9.97 Å². The molecule has 3 aromatic rings. The van der Waals surface area contributed by atoms with Crippen LogP contribution in [-0.2, 0) is 12.7 Å². The van der Waals surface area contributed by atoms with Crippen LogP contribution in [0.1, 0.15) is 16.3 Å². The van der Waals surface area contributed by atoms with Crippen molar-refractivity contribution in [3.05, 3.63) is 52.1 Å². The highest BCUT2D eigenvalue weighted by Gasteiger charge is 2.30. The molecule has 0 unspecified atom stereocenters. The third-order valence-corrected chi connectivity index (χ3v) is 4.35. The van der Waals surface area contributed by atoms with Crippen molar-refractivity contribution < 1.29 is 13.2 Å². The lowest BCUT2D eigenvalue weighted by molar-refractivity contribution is -0.137. The van der Waals surface area contributed by atoms with Crippen LogP contribution in [0.2, 0.25) is 0 Å². The van der Waals surface area contributed by atoms with Gasteiger partial charge in [-0.25, -0.2) is 4.98 Å². The molecule has 0 aliphatic heterocycles. The van der Waals surface area contributed by atoms with E-state index in [1.165, 1.54) is 12.3 Å². The summed E-state index contributed by atoms with van der Waals surface area (Å²) in [6, 6.07) is 5.45. The van der Waals surface area contributed by atoms with Gasteiger partial charge in [-0.2, -0.15) is 13.2 Å². The van der Waals surface area contributed by atoms with Crippen LogP contribution in [0.25, 0.3) is 10.9 Å². The van der Waals surface area contributed by atoms with E-state index in [9.17, 15) is 13.2 Å². The van der Waals surface area contributed by atoms with Gasteiger partial charge in [-0.05, 0) is 25.1 Å². The number of anilines is 1. The molecule has 3 nitrogen and oxygen atoms in total. The van der Waals surface area contributed by atoms with Crippen molar-refractivity contribution >= 4 is 27.9 Å². The number of alkyl halides is 3. The number of fused-ring (bicyclic) bond motifs is 1. The Morgan fingerprint density at radius 2 is 2.00 bits per heavy atom. The lowest BCUT2D eigenvalue weighted by atomic mass is 10.1. The molecule has 7 heteroatoms. The van der Waals surface area contributed by atoms with Crippen LogP contribution in [0.3, 0.4) is 0 Å². The molecule has 3 rings (SSSR count). The summed E-state index contributed by atoms with van der Waals surface area (Å²) in [5, 5.41) is 3.66. The van der Waals surface area contributed by atoms with E-state index in [1.807, 2.05) is 24.3 Å². The Kier molecular flexibility index (Phi) is 3.97. The van der Waals surface area contributed by atoms with Gasteiger partial charge in [0, 0.05) is 29.7 Å². The van der Waals surface area contributed by atoms with Gasteiger partial charge in [0.25, 0.3) is 0 Å². The zero-order chi connectivity index (χ0) is 16.6. The molecule has 2 heterocycles. The van der Waals surface area contributed by atoms with Gasteiger partial charge < -0.3 is 4.90 Å². The number of rotatable bonds is 3. The fourth-order valence-corrected chi connectivity index (χ4v) is 3.06. The highest BCUT2D eigenvalue weighted by atomic mass is 32.1. The zero-order valence-electron chi connectivity index (χ0n) is 12.6. The number of pyridine rings is 1. The second-order valence-electron chi connectivity index (χ2n) is 5.27. The Bertz CT molecular complexity index is 842. The maximum absolute atomic E-state index is 12.8. The number of hydrogen-bond acceptors (Lipinski definition) is 4. The number of aromatic nitrogens is 2. The Labute approximate surface area is 135 Å². The molecule has 0 atom stereocenters. The summed E-state index contributed by atoms with van der Waals surface area (Å²) in [5.74, 6) is 0. The van der Waals surface area contributed by atoms with Gasteiger partial charge in [0.05, 0.1) is 28.3 Å². The van der Waals surface area contributed by atoms with Gasteiger partial charge in [0.1, 0.15) is 0 Å². The maximum atomic E-state index is 12.8. The van der Waals surface area contributed by atoms with Crippen LogP contribution >= 0.6 is 11.3 Å². The Morgan fingerprint density at radius 1 is 1.22 bits per heavy atom. The first-order valence-corrected chi connectivity index (χ1v) is 7.80. The van der Waals surface area contributed by atoms with Crippen LogP contribution < -0.4 is 4.90 Å². The standard InChI is InChI=1S/C16H14F3N3S/c1-10-21-12(9-23-10)8-22(2)15-5-6-20-14-7-11(16(17,18)19)3-4-13(14)15/h3-7,9H,8H2,1-2H3. The predicted molar refractivity (Wildman–Crippen MR) is 85.7 cm³/mol. The van der Waals surface area contributed by atoms with Gasteiger partial charge in [-0.15, -0.1) is 11.3 Å². The lowest BCUT2D eigenvalue weighted by Gasteiger charge is -2.20. The number of benzene rings is 1. The summed E-state index contributed by atoms with van der Waals surface area (Å²) in [6.45, 7) is 2.53. The average Bonchev–Trinajstić information content (AvgIpc) is 2.90. The first-order valence-electron chi connectivity index (χ1n) is 6.93. The lowest BCUT2D eigenvalue weighted by Crippen LogP contribution is -2.17. The topological polar surface area (TPSA) is 29.0 Å². The molecule has 0 N–H and O–H groups in total. The Morgan fingerprint density at radius 3 is 2.65 bits per heavy atom. The molecule has 0 amide bonds. The average molecular weight is 337 g/mol. The minimum Gasteiger partial charge on any atom is -0.368 e. The molecule has 0 fully saturated rings. The van der Waals surface area contributed by atoms with Crippen molar-refractivity contribution in [1.82, 2.24) is 9.97 Å². The van der Waals surface area contributed by atoms with Crippen molar-refractivity contribution in [1.29, 1.82) is 0 Å². The smallest absolute Gasteiger partial charge is 0.368 e. The van der Waals surface area contributed by atoms with Gasteiger partial charge in [-0.1, -0.05) is 6.07 Å². The Balaban J connectivity index is 1.97. The van der Waals surface area contributed by atoms with Crippen LogP contribution in [0.5, 0.6) is 0 Å². The summed E-state index contributed by atoms with van der Waals surface area (Å²) in [7, 11) is 1.89. The highest BCUT2D eigenvalue weighted by molar-refractivity contribution is 7.09. The highest BCUT2D eigenvalue weighted by Crippen LogP contribution is 2.33. The summed E-state index contributed by atoms with van der Waals surface area (Å²) in [5.41, 5.74) is 1.41. The van der Waals surface area contributed by atoms with E-state index < -0.39 is 11.7 Å². The molecular weight excluding hydrogens is 323 g/mol. The summed E-state index contributed by atoms with van der Waals surface area (Å²) in [6.07, 6.45) is -2.84. The number of hydrogen-bond donors (Lipinski definition) is 0. The second kappa shape index (κ2) is 5.81. The van der Waals surface area contributed by atoms with Crippen molar-refractivity contribution in [2.75, 3.05) is 11.9 Å². The van der Waals surface area contributed by atoms with Gasteiger partial charge in [0.15, 0.2) is 0 Å². The van der Waals surface area contributed by atoms with E-state index in [0.717, 1.165) is 28.5 Å². The second-order valence-corrected chi connectivity index (χ2v) is 6.34. The van der Waals surface area contributed by atoms with E-state index in [-0.39, 0.29) is 0 Å². The summed E-state index contributed by atoms with van der Waals surface area (Å²) >= 11 is 1.57. The fourth-order valence-electron chi connectivity index (χ4n) is 2.45. The third-order valence-electron chi connectivity index (χ3n) is 3.52. The SMILES string of the molecule is Cc1nc(CN(C)c2ccnc3cc(C(F)(F)F)ccc23)cs1. The molecule has 0 bridgehead atoms. The molecule has 0 radical (unpaired) electrons. The zero-order valence-corrected chi connectivity index (χ0v) is 13.4.